The van der Waals surface area contributed by atoms with Gasteiger partial charge in [0.15, 0.2) is 0 Å². The molecular weight excluding hydrogens is 476 g/mol. The predicted molar refractivity (Wildman–Crippen MR) is 125 cm³/mol. The number of carbonyl (C=O) groups excluding carboxylic acids is 1. The number of hydrogen-bond acceptors (Lipinski definition) is 4. The van der Waals surface area contributed by atoms with Crippen molar-refractivity contribution in [2.24, 2.45) is 5.73 Å². The number of urea groups is 1. The van der Waals surface area contributed by atoms with Crippen molar-refractivity contribution in [3.05, 3.63) is 98.4 Å². The summed E-state index contributed by atoms with van der Waals surface area (Å²) >= 11 is 3.46. The summed E-state index contributed by atoms with van der Waals surface area (Å²) < 4.78 is 2.36. The lowest BCUT2D eigenvalue weighted by Crippen LogP contribution is -2.36. The summed E-state index contributed by atoms with van der Waals surface area (Å²) in [6, 6.07) is 16.3. The Kier molecular flexibility index (Phi) is 7.80. The van der Waals surface area contributed by atoms with E-state index in [2.05, 4.69) is 26.6 Å². The van der Waals surface area contributed by atoms with Crippen LogP contribution in [0.15, 0.2) is 76.1 Å². The molecule has 0 spiro atoms. The Morgan fingerprint density at radius 3 is 2.44 bits per heavy atom. The third-order valence-electron chi connectivity index (χ3n) is 4.87. The Morgan fingerprint density at radius 1 is 1.06 bits per heavy atom. The Hall–Kier alpha value is -3.43. The minimum absolute atomic E-state index is 0.0876. The zero-order valence-electron chi connectivity index (χ0n) is 17.1. The maximum atomic E-state index is 12.8. The van der Waals surface area contributed by atoms with E-state index >= 15 is 0 Å². The molecule has 0 unspecified atom stereocenters. The number of carboxylic acids is 1. The first-order chi connectivity index (χ1) is 15.4. The molecule has 0 fully saturated rings. The second-order valence-corrected chi connectivity index (χ2v) is 8.00. The van der Waals surface area contributed by atoms with Gasteiger partial charge in [0.25, 0.3) is 5.56 Å². The number of benzene rings is 2. The van der Waals surface area contributed by atoms with Crippen molar-refractivity contribution < 1.29 is 14.7 Å². The first-order valence-electron chi connectivity index (χ1n) is 9.88. The van der Waals surface area contributed by atoms with Crippen molar-refractivity contribution in [2.75, 3.05) is 5.32 Å². The molecule has 0 aliphatic rings. The predicted octanol–water partition coefficient (Wildman–Crippen LogP) is 3.46. The lowest BCUT2D eigenvalue weighted by molar-refractivity contribution is -0.137. The van der Waals surface area contributed by atoms with E-state index in [9.17, 15) is 19.5 Å². The van der Waals surface area contributed by atoms with E-state index in [-0.39, 0.29) is 17.7 Å². The number of aromatic nitrogens is 1. The number of nitrogens with two attached hydrogens (primary N) is 1. The molecule has 1 heterocycles. The molecule has 0 saturated carbocycles. The smallest absolute Gasteiger partial charge is 0.319 e. The van der Waals surface area contributed by atoms with Gasteiger partial charge in [0, 0.05) is 17.2 Å². The lowest BCUT2D eigenvalue weighted by Gasteiger charge is -2.18. The summed E-state index contributed by atoms with van der Waals surface area (Å²) in [6.07, 6.45) is 1.33. The highest BCUT2D eigenvalue weighted by Gasteiger charge is 2.19. The monoisotopic (exact) mass is 498 g/mol. The van der Waals surface area contributed by atoms with E-state index in [1.54, 1.807) is 36.5 Å². The zero-order valence-corrected chi connectivity index (χ0v) is 18.7. The van der Waals surface area contributed by atoms with Crippen LogP contribution in [0.1, 0.15) is 29.2 Å². The van der Waals surface area contributed by atoms with Crippen molar-refractivity contribution in [1.82, 2.24) is 9.88 Å². The standard InChI is InChI=1S/C23H23BrN4O4/c24-18-5-2-1-4-17(18)14-28-11-3-6-19(22(28)31)26-23(32)27-20(12-21(29)30)16-9-7-15(13-25)8-10-16/h1-11,20H,12-14,25H2,(H,29,30)(H2,26,27,32)/t20-/m0/s1. The Bertz CT molecular complexity index is 1160. The molecule has 0 saturated heterocycles. The highest BCUT2D eigenvalue weighted by atomic mass is 79.9. The zero-order chi connectivity index (χ0) is 23.1. The van der Waals surface area contributed by atoms with Crippen molar-refractivity contribution in [3.63, 3.8) is 0 Å². The Morgan fingerprint density at radius 2 is 1.78 bits per heavy atom. The molecule has 2 aromatic carbocycles. The van der Waals surface area contributed by atoms with Gasteiger partial charge in [0.05, 0.1) is 19.0 Å². The van der Waals surface area contributed by atoms with Gasteiger partial charge in [0.1, 0.15) is 5.69 Å². The number of aliphatic carboxylic acids is 1. The molecule has 0 bridgehead atoms. The van der Waals surface area contributed by atoms with Gasteiger partial charge in [-0.1, -0.05) is 58.4 Å². The number of carboxylic acid groups (broad SMARTS) is 1. The lowest BCUT2D eigenvalue weighted by atomic mass is 10.0. The van der Waals surface area contributed by atoms with Gasteiger partial charge in [0.2, 0.25) is 0 Å². The summed E-state index contributed by atoms with van der Waals surface area (Å²) in [4.78, 5) is 36.7. The van der Waals surface area contributed by atoms with Gasteiger partial charge in [-0.05, 0) is 34.9 Å². The van der Waals surface area contributed by atoms with E-state index in [1.165, 1.54) is 10.6 Å². The second kappa shape index (κ2) is 10.7. The number of amides is 2. The number of halogens is 1. The fourth-order valence-electron chi connectivity index (χ4n) is 3.20. The highest BCUT2D eigenvalue weighted by Crippen LogP contribution is 2.19. The fourth-order valence-corrected chi connectivity index (χ4v) is 3.61. The van der Waals surface area contributed by atoms with Crippen LogP contribution >= 0.6 is 15.9 Å². The molecule has 8 nitrogen and oxygen atoms in total. The van der Waals surface area contributed by atoms with Crippen molar-refractivity contribution in [1.29, 1.82) is 0 Å². The number of nitrogens with zero attached hydrogens (tertiary/aromatic N) is 1. The molecule has 3 aromatic rings. The quantitative estimate of drug-likeness (QED) is 0.378. The third-order valence-corrected chi connectivity index (χ3v) is 5.64. The number of anilines is 1. The van der Waals surface area contributed by atoms with Crippen LogP contribution in [0.4, 0.5) is 10.5 Å². The minimum atomic E-state index is -1.06. The van der Waals surface area contributed by atoms with Crippen molar-refractivity contribution in [2.45, 2.75) is 25.6 Å². The Balaban J connectivity index is 1.75. The van der Waals surface area contributed by atoms with Crippen LogP contribution in [0.25, 0.3) is 0 Å². The summed E-state index contributed by atoms with van der Waals surface area (Å²) in [6.45, 7) is 0.685. The molecule has 0 aliphatic heterocycles. The van der Waals surface area contributed by atoms with Crippen LogP contribution in [-0.4, -0.2) is 21.7 Å². The number of pyridine rings is 1. The molecular formula is C23H23BrN4O4. The van der Waals surface area contributed by atoms with Crippen LogP contribution in [0.3, 0.4) is 0 Å². The molecule has 9 heteroatoms. The second-order valence-electron chi connectivity index (χ2n) is 7.14. The number of carbonyl (C=O) groups is 2. The average Bonchev–Trinajstić information content (AvgIpc) is 2.77. The van der Waals surface area contributed by atoms with Crippen LogP contribution in [0.5, 0.6) is 0 Å². The van der Waals surface area contributed by atoms with Crippen LogP contribution in [0.2, 0.25) is 0 Å². The third kappa shape index (κ3) is 6.05. The largest absolute Gasteiger partial charge is 0.481 e. The van der Waals surface area contributed by atoms with Gasteiger partial charge in [-0.3, -0.25) is 9.59 Å². The number of hydrogen-bond donors (Lipinski definition) is 4. The van der Waals surface area contributed by atoms with Gasteiger partial charge in [-0.2, -0.15) is 0 Å². The van der Waals surface area contributed by atoms with Gasteiger partial charge in [-0.15, -0.1) is 0 Å². The van der Waals surface area contributed by atoms with E-state index in [1.807, 2.05) is 24.3 Å². The maximum Gasteiger partial charge on any atom is 0.319 e. The summed E-state index contributed by atoms with van der Waals surface area (Å²) in [5, 5.41) is 14.4. The average molecular weight is 499 g/mol. The molecule has 1 aromatic heterocycles. The van der Waals surface area contributed by atoms with E-state index < -0.39 is 18.0 Å². The Labute approximate surface area is 193 Å². The molecule has 2 amide bonds. The van der Waals surface area contributed by atoms with Crippen LogP contribution in [-0.2, 0) is 17.9 Å². The summed E-state index contributed by atoms with van der Waals surface area (Å²) in [7, 11) is 0. The van der Waals surface area contributed by atoms with Gasteiger partial charge >= 0.3 is 12.0 Å². The molecule has 3 rings (SSSR count). The van der Waals surface area contributed by atoms with Gasteiger partial charge < -0.3 is 26.0 Å². The minimum Gasteiger partial charge on any atom is -0.481 e. The summed E-state index contributed by atoms with van der Waals surface area (Å²) in [5.74, 6) is -1.06. The SMILES string of the molecule is NCc1ccc([C@H](CC(=O)O)NC(=O)Nc2cccn(Cc3ccccc3Br)c2=O)cc1. The maximum absolute atomic E-state index is 12.8. The number of rotatable bonds is 8. The van der Waals surface area contributed by atoms with Crippen molar-refractivity contribution >= 4 is 33.6 Å². The first kappa shape index (κ1) is 23.2. The first-order valence-corrected chi connectivity index (χ1v) is 10.7. The molecule has 32 heavy (non-hydrogen) atoms. The van der Waals surface area contributed by atoms with Crippen molar-refractivity contribution in [3.8, 4) is 0 Å². The molecule has 1 atom stereocenters. The van der Waals surface area contributed by atoms with E-state index in [0.717, 1.165) is 15.6 Å². The summed E-state index contributed by atoms with van der Waals surface area (Å²) in [5.41, 5.74) is 7.74. The highest BCUT2D eigenvalue weighted by molar-refractivity contribution is 9.10. The van der Waals surface area contributed by atoms with Gasteiger partial charge in [-0.25, -0.2) is 4.79 Å². The molecule has 0 aliphatic carbocycles. The van der Waals surface area contributed by atoms with Crippen LogP contribution in [0, 0.1) is 0 Å². The number of nitrogens with one attached hydrogen (secondary N) is 2. The fraction of sp³-hybridized carbons (Fsp3) is 0.174. The normalized spacial score (nSPS) is 11.6. The van der Waals surface area contributed by atoms with E-state index in [4.69, 9.17) is 5.73 Å². The molecule has 5 N–H and O–H groups in total. The molecule has 166 valence electrons. The van der Waals surface area contributed by atoms with Crippen LogP contribution < -0.4 is 21.9 Å². The molecule has 0 radical (unpaired) electrons. The van der Waals surface area contributed by atoms with E-state index in [0.29, 0.717) is 18.7 Å². The topological polar surface area (TPSA) is 126 Å².